The van der Waals surface area contributed by atoms with E-state index in [1.54, 1.807) is 0 Å². The molecule has 0 aliphatic carbocycles. The molecule has 0 unspecified atom stereocenters. The number of hydrogen-bond acceptors (Lipinski definition) is 2. The fraction of sp³-hybridized carbons (Fsp3) is 0.533. The van der Waals surface area contributed by atoms with Gasteiger partial charge in [0.05, 0.1) is 6.54 Å². The maximum Gasteiger partial charge on any atom is 0.365 e. The smallest absolute Gasteiger partial charge is 0.365 e. The molecule has 1 saturated heterocycles. The van der Waals surface area contributed by atoms with Gasteiger partial charge in [-0.3, -0.25) is 0 Å². The van der Waals surface area contributed by atoms with Crippen molar-refractivity contribution in [2.45, 2.75) is 44.8 Å². The molecule has 2 atom stereocenters. The maximum atomic E-state index is 12.0. The van der Waals surface area contributed by atoms with Gasteiger partial charge in [-0.2, -0.15) is 0 Å². The van der Waals surface area contributed by atoms with Gasteiger partial charge in [0, 0.05) is 12.3 Å². The maximum absolute atomic E-state index is 12.0. The monoisotopic (exact) mass is 283 g/mol. The Kier molecular flexibility index (Phi) is 5.39. The largest absolute Gasteiger partial charge is 1.00 e. The first kappa shape index (κ1) is 16.0. The molecule has 3 nitrogen and oxygen atoms in total. The van der Waals surface area contributed by atoms with Crippen LogP contribution < -0.4 is 17.7 Å². The van der Waals surface area contributed by atoms with Gasteiger partial charge in [-0.1, -0.05) is 30.3 Å². The van der Waals surface area contributed by atoms with Crippen LogP contribution in [-0.2, 0) is 9.53 Å². The summed E-state index contributed by atoms with van der Waals surface area (Å²) in [6.07, 6.45) is 0.874. The van der Waals surface area contributed by atoms with E-state index >= 15 is 0 Å². The second-order valence-corrected chi connectivity index (χ2v) is 5.95. The average molecular weight is 284 g/mol. The van der Waals surface area contributed by atoms with Crippen molar-refractivity contribution in [1.82, 2.24) is 0 Å². The minimum absolute atomic E-state index is 0. The molecule has 1 heterocycles. The molecule has 1 fully saturated rings. The van der Waals surface area contributed by atoms with Crippen LogP contribution in [0.3, 0.4) is 0 Å². The van der Waals surface area contributed by atoms with Crippen LogP contribution in [0.15, 0.2) is 30.3 Å². The predicted molar refractivity (Wildman–Crippen MR) is 70.2 cm³/mol. The zero-order valence-corrected chi connectivity index (χ0v) is 12.5. The number of esters is 1. The van der Waals surface area contributed by atoms with Gasteiger partial charge in [-0.15, -0.1) is 0 Å². The van der Waals surface area contributed by atoms with E-state index in [2.05, 4.69) is 29.6 Å². The molecule has 2 rings (SSSR count). The van der Waals surface area contributed by atoms with E-state index in [0.717, 1.165) is 13.0 Å². The minimum Gasteiger partial charge on any atom is -1.00 e. The number of nitrogens with two attached hydrogens (primary N) is 1. The Labute approximate surface area is 121 Å². The van der Waals surface area contributed by atoms with Crippen LogP contribution in [-0.4, -0.2) is 24.2 Å². The van der Waals surface area contributed by atoms with E-state index in [1.807, 2.05) is 26.8 Å². The standard InChI is InChI=1S/C15H21NO2.ClH/c1-15(2,3)18-14(17)13-9-12(10-16-13)11-7-5-4-6-8-11;/h4-8,12-13,16H,9-10H2,1-3H3;1H/t12-,13-;/m0./s1. The van der Waals surface area contributed by atoms with Crippen LogP contribution in [0, 0.1) is 0 Å². The summed E-state index contributed by atoms with van der Waals surface area (Å²) in [6.45, 7) is 6.70. The van der Waals surface area contributed by atoms with Gasteiger partial charge < -0.3 is 22.5 Å². The summed E-state index contributed by atoms with van der Waals surface area (Å²) in [5, 5.41) is 2.10. The Morgan fingerprint density at radius 1 is 1.26 bits per heavy atom. The molecule has 1 aromatic rings. The van der Waals surface area contributed by atoms with E-state index in [4.69, 9.17) is 4.74 Å². The van der Waals surface area contributed by atoms with Crippen molar-refractivity contribution in [1.29, 1.82) is 0 Å². The van der Waals surface area contributed by atoms with Crippen molar-refractivity contribution in [3.8, 4) is 0 Å². The summed E-state index contributed by atoms with van der Waals surface area (Å²) in [7, 11) is 0. The van der Waals surface area contributed by atoms with Crippen LogP contribution in [0.25, 0.3) is 0 Å². The summed E-state index contributed by atoms with van der Waals surface area (Å²) >= 11 is 0. The molecule has 0 aromatic heterocycles. The number of carbonyl (C=O) groups is 1. The molecule has 19 heavy (non-hydrogen) atoms. The first-order chi connectivity index (χ1) is 8.46. The predicted octanol–water partition coefficient (Wildman–Crippen LogP) is -1.55. The van der Waals surface area contributed by atoms with E-state index in [1.165, 1.54) is 5.56 Å². The van der Waals surface area contributed by atoms with Gasteiger partial charge in [0.2, 0.25) is 0 Å². The van der Waals surface area contributed by atoms with Crippen molar-refractivity contribution >= 4 is 5.97 Å². The minimum atomic E-state index is -0.393. The zero-order valence-electron chi connectivity index (χ0n) is 11.7. The highest BCUT2D eigenvalue weighted by molar-refractivity contribution is 5.74. The Balaban J connectivity index is 0.00000180. The van der Waals surface area contributed by atoms with Gasteiger partial charge in [0.1, 0.15) is 5.60 Å². The van der Waals surface area contributed by atoms with Gasteiger partial charge in [-0.05, 0) is 26.3 Å². The van der Waals surface area contributed by atoms with Crippen molar-refractivity contribution in [3.05, 3.63) is 35.9 Å². The molecule has 0 bridgehead atoms. The highest BCUT2D eigenvalue weighted by atomic mass is 35.5. The van der Waals surface area contributed by atoms with Crippen LogP contribution in [0.5, 0.6) is 0 Å². The second-order valence-electron chi connectivity index (χ2n) is 5.95. The lowest BCUT2D eigenvalue weighted by Crippen LogP contribution is -3.00. The van der Waals surface area contributed by atoms with Crippen LogP contribution in [0.2, 0.25) is 0 Å². The summed E-state index contributed by atoms with van der Waals surface area (Å²) in [5.74, 6) is 0.379. The molecular weight excluding hydrogens is 262 g/mol. The topological polar surface area (TPSA) is 42.9 Å². The van der Waals surface area contributed by atoms with Gasteiger partial charge in [0.15, 0.2) is 6.04 Å². The third-order valence-corrected chi connectivity index (χ3v) is 3.22. The molecule has 1 aliphatic heterocycles. The van der Waals surface area contributed by atoms with E-state index in [9.17, 15) is 4.79 Å². The second kappa shape index (κ2) is 6.40. The van der Waals surface area contributed by atoms with E-state index < -0.39 is 5.60 Å². The molecule has 1 aromatic carbocycles. The number of quaternary nitrogens is 1. The molecule has 0 spiro atoms. The van der Waals surface area contributed by atoms with Crippen molar-refractivity contribution in [2.24, 2.45) is 0 Å². The number of benzene rings is 1. The number of rotatable bonds is 2. The number of ether oxygens (including phenoxy) is 1. The van der Waals surface area contributed by atoms with Gasteiger partial charge in [-0.25, -0.2) is 4.79 Å². The van der Waals surface area contributed by atoms with E-state index in [-0.39, 0.29) is 24.4 Å². The van der Waals surface area contributed by atoms with Crippen LogP contribution >= 0.6 is 0 Å². The Hall–Kier alpha value is -1.06. The molecular formula is C15H22ClNO2. The lowest BCUT2D eigenvalue weighted by molar-refractivity contribution is -0.660. The fourth-order valence-corrected chi connectivity index (χ4v) is 2.39. The quantitative estimate of drug-likeness (QED) is 0.668. The number of carbonyl (C=O) groups excluding carboxylic acids is 1. The Morgan fingerprint density at radius 2 is 1.89 bits per heavy atom. The normalized spacial score (nSPS) is 22.7. The van der Waals surface area contributed by atoms with E-state index in [0.29, 0.717) is 5.92 Å². The van der Waals surface area contributed by atoms with Crippen molar-refractivity contribution in [3.63, 3.8) is 0 Å². The number of halogens is 1. The van der Waals surface area contributed by atoms with Crippen LogP contribution in [0.4, 0.5) is 0 Å². The van der Waals surface area contributed by atoms with Crippen molar-refractivity contribution in [2.75, 3.05) is 6.54 Å². The number of hydrogen-bond donors (Lipinski definition) is 1. The molecule has 0 amide bonds. The third-order valence-electron chi connectivity index (χ3n) is 3.22. The molecule has 4 heteroatoms. The molecule has 2 N–H and O–H groups in total. The first-order valence-electron chi connectivity index (χ1n) is 6.57. The summed E-state index contributed by atoms with van der Waals surface area (Å²) in [4.78, 5) is 12.0. The van der Waals surface area contributed by atoms with Crippen LogP contribution in [0.1, 0.15) is 38.7 Å². The lowest BCUT2D eigenvalue weighted by atomic mass is 9.96. The van der Waals surface area contributed by atoms with Crippen molar-refractivity contribution < 1.29 is 27.3 Å². The zero-order chi connectivity index (χ0) is 13.2. The molecule has 0 radical (unpaired) electrons. The highest BCUT2D eigenvalue weighted by Gasteiger charge is 2.36. The Morgan fingerprint density at radius 3 is 2.47 bits per heavy atom. The highest BCUT2D eigenvalue weighted by Crippen LogP contribution is 2.23. The third kappa shape index (κ3) is 4.51. The summed E-state index contributed by atoms with van der Waals surface area (Å²) in [6, 6.07) is 10.3. The molecule has 0 saturated carbocycles. The van der Waals surface area contributed by atoms with Gasteiger partial charge >= 0.3 is 5.97 Å². The fourth-order valence-electron chi connectivity index (χ4n) is 2.39. The average Bonchev–Trinajstić information content (AvgIpc) is 2.77. The molecule has 106 valence electrons. The lowest BCUT2D eigenvalue weighted by Gasteiger charge is -2.20. The van der Waals surface area contributed by atoms with Gasteiger partial charge in [0.25, 0.3) is 0 Å². The Bertz CT molecular complexity index is 414. The SMILES string of the molecule is CC(C)(C)OC(=O)[C@@H]1C[C@H](c2ccccc2)C[NH2+]1.[Cl-]. The summed E-state index contributed by atoms with van der Waals surface area (Å²) < 4.78 is 5.44. The molecule has 1 aliphatic rings. The summed E-state index contributed by atoms with van der Waals surface area (Å²) in [5.41, 5.74) is 0.926. The first-order valence-corrected chi connectivity index (χ1v) is 6.57.